The van der Waals surface area contributed by atoms with Gasteiger partial charge in [-0.3, -0.25) is 4.79 Å². The minimum Gasteiger partial charge on any atom is -0.495 e. The highest BCUT2D eigenvalue weighted by Crippen LogP contribution is 2.24. The monoisotopic (exact) mass is 390 g/mol. The zero-order chi connectivity index (χ0) is 20.0. The Morgan fingerprint density at radius 2 is 1.85 bits per heavy atom. The van der Waals surface area contributed by atoms with Crippen molar-refractivity contribution in [1.29, 1.82) is 0 Å². The van der Waals surface area contributed by atoms with Crippen molar-refractivity contribution in [3.63, 3.8) is 0 Å². The Kier molecular flexibility index (Phi) is 6.98. The van der Waals surface area contributed by atoms with Gasteiger partial charge in [-0.2, -0.15) is 0 Å². The molecule has 27 heavy (non-hydrogen) atoms. The third-order valence-electron chi connectivity index (χ3n) is 4.35. The summed E-state index contributed by atoms with van der Waals surface area (Å²) in [6.45, 7) is 6.12. The maximum absolute atomic E-state index is 12.6. The number of carbonyl (C=O) groups excluding carboxylic acids is 1. The number of rotatable bonds is 8. The van der Waals surface area contributed by atoms with E-state index in [9.17, 15) is 13.2 Å². The largest absolute Gasteiger partial charge is 0.495 e. The smallest absolute Gasteiger partial charge is 0.244 e. The molecule has 0 radical (unpaired) electrons. The molecular weight excluding hydrogens is 364 g/mol. The number of benzene rings is 2. The number of nitrogens with one attached hydrogen (secondary N) is 1. The van der Waals surface area contributed by atoms with Gasteiger partial charge in [0.05, 0.1) is 7.11 Å². The molecule has 0 saturated carbocycles. The lowest BCUT2D eigenvalue weighted by atomic mass is 10.1. The lowest BCUT2D eigenvalue weighted by Gasteiger charge is -2.22. The highest BCUT2D eigenvalue weighted by molar-refractivity contribution is 7.89. The normalized spacial score (nSPS) is 11.3. The van der Waals surface area contributed by atoms with Crippen molar-refractivity contribution in [1.82, 2.24) is 9.62 Å². The van der Waals surface area contributed by atoms with Crippen LogP contribution in [0.5, 0.6) is 5.75 Å². The van der Waals surface area contributed by atoms with E-state index in [0.717, 1.165) is 16.7 Å². The maximum Gasteiger partial charge on any atom is 0.244 e. The van der Waals surface area contributed by atoms with Gasteiger partial charge in [0.1, 0.15) is 10.6 Å². The lowest BCUT2D eigenvalue weighted by molar-refractivity contribution is -0.129. The average Bonchev–Trinajstić information content (AvgIpc) is 2.62. The van der Waals surface area contributed by atoms with Gasteiger partial charge in [0, 0.05) is 26.6 Å². The van der Waals surface area contributed by atoms with Gasteiger partial charge in [0.2, 0.25) is 15.9 Å². The van der Waals surface area contributed by atoms with Gasteiger partial charge in [-0.15, -0.1) is 0 Å². The molecular formula is C20H26N2O4S. The van der Waals surface area contributed by atoms with E-state index in [0.29, 0.717) is 6.54 Å². The van der Waals surface area contributed by atoms with Crippen molar-refractivity contribution in [2.24, 2.45) is 0 Å². The summed E-state index contributed by atoms with van der Waals surface area (Å²) < 4.78 is 33.0. The molecule has 2 aromatic carbocycles. The number of methoxy groups -OCH3 is 1. The van der Waals surface area contributed by atoms with Crippen LogP contribution in [-0.2, 0) is 21.4 Å². The van der Waals surface area contributed by atoms with Crippen LogP contribution < -0.4 is 9.46 Å². The molecule has 0 bridgehead atoms. The molecule has 7 heteroatoms. The Labute approximate surface area is 161 Å². The van der Waals surface area contributed by atoms with Gasteiger partial charge in [-0.05, 0) is 42.7 Å². The Balaban J connectivity index is 2.07. The number of sulfonamides is 1. The van der Waals surface area contributed by atoms with E-state index in [1.165, 1.54) is 14.0 Å². The molecule has 0 aliphatic rings. The molecule has 0 unspecified atom stereocenters. The third kappa shape index (κ3) is 5.55. The minimum atomic E-state index is -3.74. The van der Waals surface area contributed by atoms with Crippen LogP contribution in [0, 0.1) is 13.8 Å². The highest BCUT2D eigenvalue weighted by Gasteiger charge is 2.20. The summed E-state index contributed by atoms with van der Waals surface area (Å²) >= 11 is 0. The predicted molar refractivity (Wildman–Crippen MR) is 105 cm³/mol. The Morgan fingerprint density at radius 3 is 2.48 bits per heavy atom. The molecule has 0 heterocycles. The number of ether oxygens (including phenoxy) is 1. The second-order valence-corrected chi connectivity index (χ2v) is 8.15. The second kappa shape index (κ2) is 9.01. The lowest BCUT2D eigenvalue weighted by Crippen LogP contribution is -2.37. The van der Waals surface area contributed by atoms with Gasteiger partial charge < -0.3 is 9.64 Å². The molecule has 146 valence electrons. The van der Waals surface area contributed by atoms with Crippen molar-refractivity contribution >= 4 is 15.9 Å². The molecule has 1 amide bonds. The summed E-state index contributed by atoms with van der Waals surface area (Å²) in [6, 6.07) is 12.8. The van der Waals surface area contributed by atoms with E-state index in [-0.39, 0.29) is 29.6 Å². The highest BCUT2D eigenvalue weighted by atomic mass is 32.2. The van der Waals surface area contributed by atoms with Crippen molar-refractivity contribution in [3.05, 3.63) is 59.2 Å². The van der Waals surface area contributed by atoms with Crippen LogP contribution in [-0.4, -0.2) is 39.4 Å². The fourth-order valence-corrected chi connectivity index (χ4v) is 4.00. The van der Waals surface area contributed by atoms with Crippen LogP contribution >= 0.6 is 0 Å². The first-order valence-electron chi connectivity index (χ1n) is 8.69. The molecule has 2 rings (SSSR count). The predicted octanol–water partition coefficient (Wildman–Crippen LogP) is 2.64. The Morgan fingerprint density at radius 1 is 1.15 bits per heavy atom. The quantitative estimate of drug-likeness (QED) is 0.752. The summed E-state index contributed by atoms with van der Waals surface area (Å²) in [5.74, 6) is 0.182. The number of hydrogen-bond donors (Lipinski definition) is 1. The Bertz CT molecular complexity index is 910. The van der Waals surface area contributed by atoms with Gasteiger partial charge in [0.15, 0.2) is 0 Å². The van der Waals surface area contributed by atoms with Crippen LogP contribution in [0.2, 0.25) is 0 Å². The number of aryl methyl sites for hydroxylation is 2. The summed E-state index contributed by atoms with van der Waals surface area (Å²) in [6.07, 6.45) is 0. The zero-order valence-corrected chi connectivity index (χ0v) is 17.0. The molecule has 2 aromatic rings. The zero-order valence-electron chi connectivity index (χ0n) is 16.2. The fraction of sp³-hybridized carbons (Fsp3) is 0.350. The first-order chi connectivity index (χ1) is 12.7. The van der Waals surface area contributed by atoms with Crippen LogP contribution in [0.25, 0.3) is 0 Å². The van der Waals surface area contributed by atoms with E-state index in [1.807, 2.05) is 38.1 Å². The standard InChI is InChI=1S/C20H26N2O4S/c1-15-9-10-19(26-4)20(13-15)27(24,25)21-11-12-22(17(3)23)14-18-8-6-5-7-16(18)2/h5-10,13,21H,11-12,14H2,1-4H3. The van der Waals surface area contributed by atoms with E-state index in [2.05, 4.69) is 4.72 Å². The average molecular weight is 391 g/mol. The number of amides is 1. The first-order valence-corrected chi connectivity index (χ1v) is 10.2. The molecule has 0 fully saturated rings. The molecule has 0 saturated heterocycles. The van der Waals surface area contributed by atoms with E-state index in [1.54, 1.807) is 23.1 Å². The van der Waals surface area contributed by atoms with Gasteiger partial charge in [-0.1, -0.05) is 30.3 Å². The maximum atomic E-state index is 12.6. The van der Waals surface area contributed by atoms with Crippen LogP contribution in [0.3, 0.4) is 0 Å². The second-order valence-electron chi connectivity index (χ2n) is 6.42. The van der Waals surface area contributed by atoms with Gasteiger partial charge in [-0.25, -0.2) is 13.1 Å². The van der Waals surface area contributed by atoms with Gasteiger partial charge in [0.25, 0.3) is 0 Å². The first kappa shape index (κ1) is 20.9. The minimum absolute atomic E-state index is 0.0956. The van der Waals surface area contributed by atoms with E-state index in [4.69, 9.17) is 4.74 Å². The topological polar surface area (TPSA) is 75.7 Å². The molecule has 0 aliphatic heterocycles. The van der Waals surface area contributed by atoms with Gasteiger partial charge >= 0.3 is 0 Å². The molecule has 0 aliphatic carbocycles. The van der Waals surface area contributed by atoms with Crippen molar-refractivity contribution in [3.8, 4) is 5.75 Å². The molecule has 6 nitrogen and oxygen atoms in total. The van der Waals surface area contributed by atoms with Crippen LogP contribution in [0.4, 0.5) is 0 Å². The van der Waals surface area contributed by atoms with Crippen molar-refractivity contribution < 1.29 is 17.9 Å². The number of carbonyl (C=O) groups is 1. The molecule has 0 atom stereocenters. The van der Waals surface area contributed by atoms with E-state index < -0.39 is 10.0 Å². The number of nitrogens with zero attached hydrogens (tertiary/aromatic N) is 1. The summed E-state index contributed by atoms with van der Waals surface area (Å²) in [4.78, 5) is 13.7. The third-order valence-corrected chi connectivity index (χ3v) is 5.83. The molecule has 0 aromatic heterocycles. The number of hydrogen-bond acceptors (Lipinski definition) is 4. The summed E-state index contributed by atoms with van der Waals surface area (Å²) in [5.41, 5.74) is 2.95. The SMILES string of the molecule is COc1ccc(C)cc1S(=O)(=O)NCCN(Cc1ccccc1C)C(C)=O. The van der Waals surface area contributed by atoms with Crippen molar-refractivity contribution in [2.75, 3.05) is 20.2 Å². The van der Waals surface area contributed by atoms with E-state index >= 15 is 0 Å². The fourth-order valence-electron chi connectivity index (χ4n) is 2.73. The summed E-state index contributed by atoms with van der Waals surface area (Å²) in [7, 11) is -2.31. The Hall–Kier alpha value is -2.38. The van der Waals surface area contributed by atoms with Crippen molar-refractivity contribution in [2.45, 2.75) is 32.2 Å². The molecule has 0 spiro atoms. The van der Waals surface area contributed by atoms with Crippen LogP contribution in [0.15, 0.2) is 47.4 Å². The summed E-state index contributed by atoms with van der Waals surface area (Å²) in [5, 5.41) is 0. The molecule has 1 N–H and O–H groups in total. The van der Waals surface area contributed by atoms with Crippen LogP contribution in [0.1, 0.15) is 23.6 Å².